The third kappa shape index (κ3) is 4.28. The van der Waals surface area contributed by atoms with Crippen molar-refractivity contribution in [2.75, 3.05) is 0 Å². The summed E-state index contributed by atoms with van der Waals surface area (Å²) < 4.78 is 27.0. The Morgan fingerprint density at radius 1 is 0.960 bits per heavy atom. The number of halogens is 1. The minimum Gasteiger partial charge on any atom is -0.219 e. The van der Waals surface area contributed by atoms with Gasteiger partial charge in [0.25, 0.3) is 0 Å². The molecule has 0 aliphatic heterocycles. The zero-order valence-corrected chi connectivity index (χ0v) is 18.4. The zero-order chi connectivity index (χ0) is 18.9. The third-order valence-corrected chi connectivity index (χ3v) is 7.28. The van der Waals surface area contributed by atoms with Crippen molar-refractivity contribution in [1.82, 2.24) is 0 Å². The molecule has 0 amide bonds. The van der Waals surface area contributed by atoms with E-state index >= 15 is 0 Å². The van der Waals surface area contributed by atoms with E-state index in [9.17, 15) is 8.42 Å². The van der Waals surface area contributed by atoms with E-state index in [0.29, 0.717) is 22.1 Å². The summed E-state index contributed by atoms with van der Waals surface area (Å²) in [5, 5.41) is 0. The van der Waals surface area contributed by atoms with Crippen molar-refractivity contribution in [3.8, 4) is 0 Å². The summed E-state index contributed by atoms with van der Waals surface area (Å²) >= 11 is 3.51. The van der Waals surface area contributed by atoms with Crippen molar-refractivity contribution < 1.29 is 8.42 Å². The van der Waals surface area contributed by atoms with Gasteiger partial charge in [-0.25, -0.2) is 8.42 Å². The van der Waals surface area contributed by atoms with Gasteiger partial charge in [-0.1, -0.05) is 81.8 Å². The van der Waals surface area contributed by atoms with Crippen LogP contribution in [0.2, 0.25) is 0 Å². The molecular formula is C21H29BrO2S. The molecule has 1 unspecified atom stereocenters. The van der Waals surface area contributed by atoms with E-state index in [1.807, 2.05) is 12.2 Å². The predicted octanol–water partition coefficient (Wildman–Crippen LogP) is 6.44. The van der Waals surface area contributed by atoms with Crippen LogP contribution < -0.4 is 0 Å². The summed E-state index contributed by atoms with van der Waals surface area (Å²) in [5.41, 5.74) is 3.08. The topological polar surface area (TPSA) is 34.1 Å². The van der Waals surface area contributed by atoms with E-state index in [2.05, 4.69) is 69.6 Å². The van der Waals surface area contributed by atoms with Gasteiger partial charge in [-0.05, 0) is 46.9 Å². The molecule has 0 N–H and O–H groups in total. The molecule has 2 nitrogen and oxygen atoms in total. The molecule has 0 fully saturated rings. The molecule has 0 heterocycles. The Labute approximate surface area is 161 Å². The number of allylic oxidation sites excluding steroid dienone is 3. The molecule has 1 aromatic carbocycles. The van der Waals surface area contributed by atoms with Gasteiger partial charge >= 0.3 is 0 Å². The lowest BCUT2D eigenvalue weighted by molar-refractivity contribution is 0.597. The molecule has 0 saturated heterocycles. The largest absolute Gasteiger partial charge is 0.219 e. The van der Waals surface area contributed by atoms with Crippen LogP contribution in [0.4, 0.5) is 0 Å². The normalized spacial score (nSPS) is 18.3. The SMILES string of the molecule is CC(C)c1cc(C(C)C)c(S(=O)(=O)C2=CCC(Br)C=C2)c(C(C)C)c1. The highest BCUT2D eigenvalue weighted by Gasteiger charge is 2.29. The first kappa shape index (κ1) is 20.4. The van der Waals surface area contributed by atoms with E-state index in [0.717, 1.165) is 11.1 Å². The van der Waals surface area contributed by atoms with E-state index in [1.165, 1.54) is 5.56 Å². The quantitative estimate of drug-likeness (QED) is 0.509. The monoisotopic (exact) mass is 424 g/mol. The number of alkyl halides is 1. The average Bonchev–Trinajstić information content (AvgIpc) is 2.53. The van der Waals surface area contributed by atoms with E-state index < -0.39 is 9.84 Å². The fourth-order valence-corrected chi connectivity index (χ4v) is 5.45. The predicted molar refractivity (Wildman–Crippen MR) is 110 cm³/mol. The van der Waals surface area contributed by atoms with Crippen LogP contribution >= 0.6 is 15.9 Å². The van der Waals surface area contributed by atoms with Crippen LogP contribution in [0.25, 0.3) is 0 Å². The van der Waals surface area contributed by atoms with E-state index in [4.69, 9.17) is 0 Å². The lowest BCUT2D eigenvalue weighted by atomic mass is 9.89. The second-order valence-corrected chi connectivity index (χ2v) is 10.8. The summed E-state index contributed by atoms with van der Waals surface area (Å²) in [6, 6.07) is 4.18. The Hall–Kier alpha value is -0.870. The van der Waals surface area contributed by atoms with Gasteiger partial charge in [0.15, 0.2) is 0 Å². The highest BCUT2D eigenvalue weighted by molar-refractivity contribution is 9.09. The maximum absolute atomic E-state index is 13.5. The minimum atomic E-state index is -3.53. The van der Waals surface area contributed by atoms with Crippen molar-refractivity contribution >= 4 is 25.8 Å². The van der Waals surface area contributed by atoms with Gasteiger partial charge in [-0.2, -0.15) is 0 Å². The number of sulfone groups is 1. The van der Waals surface area contributed by atoms with Crippen molar-refractivity contribution in [2.45, 2.75) is 75.4 Å². The van der Waals surface area contributed by atoms with Gasteiger partial charge in [0, 0.05) is 4.83 Å². The van der Waals surface area contributed by atoms with E-state index in [-0.39, 0.29) is 16.7 Å². The van der Waals surface area contributed by atoms with Crippen LogP contribution in [0.5, 0.6) is 0 Å². The second-order valence-electron chi connectivity index (χ2n) is 7.71. The molecule has 1 aliphatic rings. The highest BCUT2D eigenvalue weighted by atomic mass is 79.9. The minimum absolute atomic E-state index is 0.151. The zero-order valence-electron chi connectivity index (χ0n) is 16.0. The number of hydrogen-bond acceptors (Lipinski definition) is 2. The molecule has 2 rings (SSSR count). The van der Waals surface area contributed by atoms with Gasteiger partial charge in [-0.15, -0.1) is 0 Å². The fraction of sp³-hybridized carbons (Fsp3) is 0.524. The molecule has 0 spiro atoms. The molecular weight excluding hydrogens is 396 g/mol. The van der Waals surface area contributed by atoms with Crippen LogP contribution in [0.3, 0.4) is 0 Å². The van der Waals surface area contributed by atoms with Crippen LogP contribution in [0.15, 0.2) is 40.2 Å². The highest BCUT2D eigenvalue weighted by Crippen LogP contribution is 2.38. The summed E-state index contributed by atoms with van der Waals surface area (Å²) in [6.45, 7) is 12.6. The molecule has 25 heavy (non-hydrogen) atoms. The second kappa shape index (κ2) is 7.79. The maximum atomic E-state index is 13.5. The molecule has 0 aromatic heterocycles. The Balaban J connectivity index is 2.76. The van der Waals surface area contributed by atoms with Crippen LogP contribution in [-0.4, -0.2) is 13.2 Å². The van der Waals surface area contributed by atoms with Gasteiger partial charge in [0.2, 0.25) is 9.84 Å². The van der Waals surface area contributed by atoms with Gasteiger partial charge in [-0.3, -0.25) is 0 Å². The number of benzene rings is 1. The summed E-state index contributed by atoms with van der Waals surface area (Å²) in [6.07, 6.45) is 6.19. The summed E-state index contributed by atoms with van der Waals surface area (Å²) in [4.78, 5) is 1.15. The maximum Gasteiger partial charge on any atom is 0.206 e. The van der Waals surface area contributed by atoms with Gasteiger partial charge < -0.3 is 0 Å². The summed E-state index contributed by atoms with van der Waals surface area (Å²) in [7, 11) is -3.53. The Kier molecular flexibility index (Phi) is 6.37. The first-order valence-electron chi connectivity index (χ1n) is 9.01. The molecule has 138 valence electrons. The van der Waals surface area contributed by atoms with Crippen molar-refractivity contribution in [2.24, 2.45) is 0 Å². The van der Waals surface area contributed by atoms with Crippen molar-refractivity contribution in [3.05, 3.63) is 52.0 Å². The molecule has 0 saturated carbocycles. The lowest BCUT2D eigenvalue weighted by Gasteiger charge is -2.23. The third-order valence-electron chi connectivity index (χ3n) is 4.67. The standard InChI is InChI=1S/C21H29BrO2S/c1-13(2)16-11-19(14(3)4)21(20(12-16)15(5)6)25(23,24)18-9-7-17(22)8-10-18/h7,9-15,17H,8H2,1-6H3. The number of rotatable bonds is 5. The Morgan fingerprint density at radius 2 is 1.48 bits per heavy atom. The molecule has 1 atom stereocenters. The molecule has 1 aromatic rings. The van der Waals surface area contributed by atoms with Gasteiger partial charge in [0.1, 0.15) is 0 Å². The van der Waals surface area contributed by atoms with E-state index in [1.54, 1.807) is 6.08 Å². The van der Waals surface area contributed by atoms with Gasteiger partial charge in [0.05, 0.1) is 9.80 Å². The average molecular weight is 425 g/mol. The summed E-state index contributed by atoms with van der Waals surface area (Å²) in [5.74, 6) is 0.672. The Morgan fingerprint density at radius 3 is 1.84 bits per heavy atom. The number of hydrogen-bond donors (Lipinski definition) is 0. The van der Waals surface area contributed by atoms with Crippen molar-refractivity contribution in [3.63, 3.8) is 0 Å². The molecule has 0 radical (unpaired) electrons. The first-order valence-corrected chi connectivity index (χ1v) is 11.4. The van der Waals surface area contributed by atoms with Crippen LogP contribution in [-0.2, 0) is 9.84 Å². The lowest BCUT2D eigenvalue weighted by Crippen LogP contribution is -2.15. The van der Waals surface area contributed by atoms with Crippen LogP contribution in [0, 0.1) is 0 Å². The fourth-order valence-electron chi connectivity index (χ4n) is 3.09. The first-order chi connectivity index (χ1) is 11.6. The van der Waals surface area contributed by atoms with Crippen LogP contribution in [0.1, 0.15) is 82.4 Å². The molecule has 1 aliphatic carbocycles. The molecule has 0 bridgehead atoms. The molecule has 4 heteroatoms. The van der Waals surface area contributed by atoms with Crippen molar-refractivity contribution in [1.29, 1.82) is 0 Å². The smallest absolute Gasteiger partial charge is 0.206 e. The Bertz CT molecular complexity index is 770.